The summed E-state index contributed by atoms with van der Waals surface area (Å²) in [6.07, 6.45) is 2.79. The van der Waals surface area contributed by atoms with Crippen LogP contribution in [0.25, 0.3) is 0 Å². The van der Waals surface area contributed by atoms with Gasteiger partial charge >= 0.3 is 0 Å². The van der Waals surface area contributed by atoms with Crippen LogP contribution < -0.4 is 5.73 Å². The summed E-state index contributed by atoms with van der Waals surface area (Å²) in [5, 5.41) is 12.0. The Balaban J connectivity index is 1.94. The van der Waals surface area contributed by atoms with Gasteiger partial charge in [0.1, 0.15) is 0 Å². The first kappa shape index (κ1) is 15.4. The van der Waals surface area contributed by atoms with Crippen molar-refractivity contribution in [3.63, 3.8) is 0 Å². The topological polar surface area (TPSA) is 97.4 Å². The van der Waals surface area contributed by atoms with E-state index in [9.17, 15) is 4.79 Å². The quantitative estimate of drug-likeness (QED) is 0.326. The van der Waals surface area contributed by atoms with Crippen molar-refractivity contribution in [1.29, 1.82) is 0 Å². The number of ether oxygens (including phenoxy) is 2. The van der Waals surface area contributed by atoms with Crippen LogP contribution in [0.1, 0.15) is 12.8 Å². The first-order valence-electron chi connectivity index (χ1n) is 6.64. The SMILES string of the molecule is CSC1(C(N)=NO)CCN(C(=O)C2COCCO2)CC1. The molecule has 20 heavy (non-hydrogen) atoms. The van der Waals surface area contributed by atoms with E-state index in [1.165, 1.54) is 0 Å². The summed E-state index contributed by atoms with van der Waals surface area (Å²) >= 11 is 1.57. The molecule has 1 amide bonds. The van der Waals surface area contributed by atoms with Crippen molar-refractivity contribution < 1.29 is 19.5 Å². The predicted molar refractivity (Wildman–Crippen MR) is 76.0 cm³/mol. The molecule has 2 heterocycles. The Morgan fingerprint density at radius 3 is 2.65 bits per heavy atom. The van der Waals surface area contributed by atoms with Gasteiger partial charge in [-0.15, -0.1) is 0 Å². The molecular weight excluding hydrogens is 282 g/mol. The third kappa shape index (κ3) is 3.02. The van der Waals surface area contributed by atoms with Gasteiger partial charge in [0.2, 0.25) is 0 Å². The van der Waals surface area contributed by atoms with Crippen molar-refractivity contribution in [2.24, 2.45) is 10.9 Å². The lowest BCUT2D eigenvalue weighted by Crippen LogP contribution is -2.54. The van der Waals surface area contributed by atoms with Crippen molar-refractivity contribution in [2.45, 2.75) is 23.7 Å². The molecule has 0 bridgehead atoms. The Hall–Kier alpha value is -0.990. The molecule has 0 aliphatic carbocycles. The van der Waals surface area contributed by atoms with Gasteiger partial charge in [-0.05, 0) is 19.1 Å². The maximum atomic E-state index is 12.3. The van der Waals surface area contributed by atoms with Crippen LogP contribution in [0, 0.1) is 0 Å². The lowest BCUT2D eigenvalue weighted by Gasteiger charge is -2.40. The Kier molecular flexibility index (Phi) is 5.11. The summed E-state index contributed by atoms with van der Waals surface area (Å²) in [6.45, 7) is 2.49. The minimum Gasteiger partial charge on any atom is -0.409 e. The smallest absolute Gasteiger partial charge is 0.254 e. The number of nitrogens with zero attached hydrogens (tertiary/aromatic N) is 2. The molecule has 1 unspecified atom stereocenters. The molecule has 2 fully saturated rings. The summed E-state index contributed by atoms with van der Waals surface area (Å²) in [7, 11) is 0. The summed E-state index contributed by atoms with van der Waals surface area (Å²) in [6, 6.07) is 0. The predicted octanol–water partition coefficient (Wildman–Crippen LogP) is -0.128. The van der Waals surface area contributed by atoms with Crippen LogP contribution in [0.5, 0.6) is 0 Å². The van der Waals surface area contributed by atoms with Gasteiger partial charge in [0.25, 0.3) is 5.91 Å². The van der Waals surface area contributed by atoms with E-state index in [2.05, 4.69) is 5.16 Å². The van der Waals surface area contributed by atoms with E-state index in [1.54, 1.807) is 16.7 Å². The van der Waals surface area contributed by atoms with Crippen molar-refractivity contribution in [3.8, 4) is 0 Å². The van der Waals surface area contributed by atoms with Crippen molar-refractivity contribution in [1.82, 2.24) is 4.90 Å². The molecule has 0 aromatic carbocycles. The molecule has 0 saturated carbocycles. The van der Waals surface area contributed by atoms with Gasteiger partial charge in [-0.25, -0.2) is 0 Å². The summed E-state index contributed by atoms with van der Waals surface area (Å²) in [5.74, 6) is 0.202. The normalized spacial score (nSPS) is 27.4. The summed E-state index contributed by atoms with van der Waals surface area (Å²) < 4.78 is 10.3. The summed E-state index contributed by atoms with van der Waals surface area (Å²) in [5.41, 5.74) is 5.79. The van der Waals surface area contributed by atoms with Gasteiger partial charge in [-0.2, -0.15) is 11.8 Å². The summed E-state index contributed by atoms with van der Waals surface area (Å²) in [4.78, 5) is 14.1. The molecule has 2 saturated heterocycles. The fourth-order valence-corrected chi connectivity index (χ4v) is 3.42. The molecule has 2 rings (SSSR count). The number of piperidine rings is 1. The number of oxime groups is 1. The molecule has 0 spiro atoms. The third-order valence-corrected chi connectivity index (χ3v) is 5.34. The molecular formula is C12H21N3O4S. The number of amides is 1. The molecule has 2 aliphatic rings. The highest BCUT2D eigenvalue weighted by Gasteiger charge is 2.40. The number of hydrogen-bond donors (Lipinski definition) is 2. The van der Waals surface area contributed by atoms with Crippen molar-refractivity contribution >= 4 is 23.5 Å². The molecule has 1 atom stereocenters. The number of amidine groups is 1. The molecule has 7 nitrogen and oxygen atoms in total. The number of carbonyl (C=O) groups is 1. The molecule has 0 aromatic heterocycles. The first-order chi connectivity index (χ1) is 9.63. The highest BCUT2D eigenvalue weighted by Crippen LogP contribution is 2.35. The number of carbonyl (C=O) groups excluding carboxylic acids is 1. The monoisotopic (exact) mass is 303 g/mol. The second-order valence-electron chi connectivity index (χ2n) is 4.94. The number of hydrogen-bond acceptors (Lipinski definition) is 6. The minimum absolute atomic E-state index is 0.0288. The lowest BCUT2D eigenvalue weighted by atomic mass is 9.94. The number of nitrogens with two attached hydrogens (primary N) is 1. The van der Waals surface area contributed by atoms with E-state index in [0.29, 0.717) is 45.8 Å². The van der Waals surface area contributed by atoms with Crippen LogP contribution in [0.3, 0.4) is 0 Å². The second kappa shape index (κ2) is 6.64. The Bertz CT molecular complexity index is 377. The maximum absolute atomic E-state index is 12.3. The van der Waals surface area contributed by atoms with Gasteiger partial charge in [-0.3, -0.25) is 4.79 Å². The van der Waals surface area contributed by atoms with E-state index in [-0.39, 0.29) is 16.5 Å². The van der Waals surface area contributed by atoms with E-state index in [4.69, 9.17) is 20.4 Å². The van der Waals surface area contributed by atoms with Crippen LogP contribution >= 0.6 is 11.8 Å². The van der Waals surface area contributed by atoms with Crippen molar-refractivity contribution in [2.75, 3.05) is 39.2 Å². The van der Waals surface area contributed by atoms with Crippen LogP contribution in [0.4, 0.5) is 0 Å². The van der Waals surface area contributed by atoms with Gasteiger partial charge in [0, 0.05) is 13.1 Å². The van der Waals surface area contributed by atoms with Gasteiger partial charge in [0.05, 0.1) is 24.6 Å². The fraction of sp³-hybridized carbons (Fsp3) is 0.833. The van der Waals surface area contributed by atoms with Crippen LogP contribution in [0.15, 0.2) is 5.16 Å². The largest absolute Gasteiger partial charge is 0.409 e. The van der Waals surface area contributed by atoms with Gasteiger partial charge < -0.3 is 25.3 Å². The zero-order chi connectivity index (χ0) is 14.6. The molecule has 114 valence electrons. The van der Waals surface area contributed by atoms with E-state index in [0.717, 1.165) is 0 Å². The maximum Gasteiger partial charge on any atom is 0.254 e. The van der Waals surface area contributed by atoms with Crippen LogP contribution in [0.2, 0.25) is 0 Å². The molecule has 0 aromatic rings. The molecule has 8 heteroatoms. The Morgan fingerprint density at radius 2 is 2.15 bits per heavy atom. The zero-order valence-corrected chi connectivity index (χ0v) is 12.4. The van der Waals surface area contributed by atoms with Crippen molar-refractivity contribution in [3.05, 3.63) is 0 Å². The second-order valence-corrected chi connectivity index (χ2v) is 6.13. The standard InChI is InChI=1S/C12H21N3O4S/c1-20-12(11(13)14-17)2-4-15(5-3-12)10(16)9-8-18-6-7-19-9/h9,17H,2-8H2,1H3,(H2,13,14). The minimum atomic E-state index is -0.491. The molecule has 0 radical (unpaired) electrons. The first-order valence-corrected chi connectivity index (χ1v) is 7.87. The van der Waals surface area contributed by atoms with E-state index < -0.39 is 6.10 Å². The average Bonchev–Trinajstić information content (AvgIpc) is 2.54. The van der Waals surface area contributed by atoms with E-state index in [1.807, 2.05) is 6.26 Å². The van der Waals surface area contributed by atoms with E-state index >= 15 is 0 Å². The fourth-order valence-electron chi connectivity index (χ4n) is 2.58. The number of rotatable bonds is 3. The van der Waals surface area contributed by atoms with Crippen LogP contribution in [-0.2, 0) is 14.3 Å². The highest BCUT2D eigenvalue weighted by molar-refractivity contribution is 8.00. The number of thioether (sulfide) groups is 1. The number of likely N-dealkylation sites (tertiary alicyclic amines) is 1. The molecule has 3 N–H and O–H groups in total. The highest BCUT2D eigenvalue weighted by atomic mass is 32.2. The van der Waals surface area contributed by atoms with Gasteiger partial charge in [-0.1, -0.05) is 5.16 Å². The molecule has 2 aliphatic heterocycles. The lowest BCUT2D eigenvalue weighted by molar-refractivity contribution is -0.158. The van der Waals surface area contributed by atoms with Crippen LogP contribution in [-0.4, -0.2) is 71.9 Å². The average molecular weight is 303 g/mol. The third-order valence-electron chi connectivity index (χ3n) is 3.94. The van der Waals surface area contributed by atoms with Gasteiger partial charge in [0.15, 0.2) is 11.9 Å². The Morgan fingerprint density at radius 1 is 1.45 bits per heavy atom. The Labute approximate surface area is 122 Å². The zero-order valence-electron chi connectivity index (χ0n) is 11.6.